The molecule has 0 fully saturated rings. The third-order valence-electron chi connectivity index (χ3n) is 5.13. The summed E-state index contributed by atoms with van der Waals surface area (Å²) in [6.07, 6.45) is 1.96. The average molecular weight is 417 g/mol. The first-order chi connectivity index (χ1) is 14.0. The topological polar surface area (TPSA) is 28.7 Å². The molecule has 0 aliphatic rings. The van der Waals surface area contributed by atoms with Gasteiger partial charge in [0.15, 0.2) is 0 Å². The second-order valence-corrected chi connectivity index (χ2v) is 7.77. The van der Waals surface area contributed by atoms with Crippen molar-refractivity contribution in [3.63, 3.8) is 0 Å². The van der Waals surface area contributed by atoms with Gasteiger partial charge in [-0.2, -0.15) is 5.26 Å². The Kier molecular flexibility index (Phi) is 5.20. The molecule has 0 amide bonds. The van der Waals surface area contributed by atoms with Crippen LogP contribution in [0.2, 0.25) is 10.0 Å². The zero-order valence-electron chi connectivity index (χ0n) is 16.1. The lowest BCUT2D eigenvalue weighted by molar-refractivity contribution is 0.965. The van der Waals surface area contributed by atoms with Crippen molar-refractivity contribution in [2.45, 2.75) is 13.8 Å². The number of aromatic nitrogens is 1. The molecule has 142 valence electrons. The van der Waals surface area contributed by atoms with E-state index >= 15 is 0 Å². The number of nitriles is 1. The van der Waals surface area contributed by atoms with E-state index in [2.05, 4.69) is 34.9 Å². The fourth-order valence-corrected chi connectivity index (χ4v) is 4.03. The maximum atomic E-state index is 9.89. The Bertz CT molecular complexity index is 1300. The van der Waals surface area contributed by atoms with E-state index in [1.807, 2.05) is 56.3 Å². The molecule has 0 atom stereocenters. The number of hydrogen-bond donors (Lipinski definition) is 0. The van der Waals surface area contributed by atoms with Crippen molar-refractivity contribution in [2.75, 3.05) is 0 Å². The summed E-state index contributed by atoms with van der Waals surface area (Å²) in [6.45, 7) is 4.08. The lowest BCUT2D eigenvalue weighted by Gasteiger charge is -2.11. The first-order valence-corrected chi connectivity index (χ1v) is 9.99. The molecule has 0 bridgehead atoms. The molecular weight excluding hydrogens is 399 g/mol. The van der Waals surface area contributed by atoms with Crippen LogP contribution < -0.4 is 0 Å². The molecule has 0 aliphatic heterocycles. The molecule has 3 aromatic carbocycles. The van der Waals surface area contributed by atoms with E-state index in [4.69, 9.17) is 23.2 Å². The van der Waals surface area contributed by atoms with Crippen LogP contribution in [-0.2, 0) is 0 Å². The molecule has 0 aliphatic carbocycles. The van der Waals surface area contributed by atoms with Gasteiger partial charge in [-0.05, 0) is 60.5 Å². The summed E-state index contributed by atoms with van der Waals surface area (Å²) in [5.74, 6) is 0. The summed E-state index contributed by atoms with van der Waals surface area (Å²) in [5, 5.41) is 13.1. The van der Waals surface area contributed by atoms with Crippen molar-refractivity contribution in [2.24, 2.45) is 0 Å². The van der Waals surface area contributed by atoms with Crippen molar-refractivity contribution in [1.29, 1.82) is 5.26 Å². The molecule has 4 heteroatoms. The lowest BCUT2D eigenvalue weighted by Crippen LogP contribution is -1.99. The van der Waals surface area contributed by atoms with E-state index in [9.17, 15) is 5.26 Å². The summed E-state index contributed by atoms with van der Waals surface area (Å²) >= 11 is 12.3. The molecule has 1 heterocycles. The number of hydrogen-bond acceptors (Lipinski definition) is 1. The summed E-state index contributed by atoms with van der Waals surface area (Å²) in [4.78, 5) is 0. The number of rotatable bonds is 3. The molecule has 0 saturated carbocycles. The van der Waals surface area contributed by atoms with Gasteiger partial charge in [0, 0.05) is 22.6 Å². The number of benzene rings is 3. The molecular formula is C25H18Cl2N2. The highest BCUT2D eigenvalue weighted by molar-refractivity contribution is 6.42. The van der Waals surface area contributed by atoms with Gasteiger partial charge in [0.25, 0.3) is 0 Å². The SMILES string of the molecule is Cc1cc(/C=C(\C#N)c2cccc3ccccc23)c(C)n1-c1ccc(Cl)c(Cl)c1. The van der Waals surface area contributed by atoms with Gasteiger partial charge in [0.2, 0.25) is 0 Å². The smallest absolute Gasteiger partial charge is 0.0998 e. The number of nitrogens with zero attached hydrogens (tertiary/aromatic N) is 2. The number of allylic oxidation sites excluding steroid dienone is 1. The van der Waals surface area contributed by atoms with Crippen LogP contribution in [0.5, 0.6) is 0 Å². The molecule has 0 spiro atoms. The second kappa shape index (κ2) is 7.79. The molecule has 1 aromatic heterocycles. The van der Waals surface area contributed by atoms with Crippen molar-refractivity contribution in [3.8, 4) is 11.8 Å². The summed E-state index contributed by atoms with van der Waals surface area (Å²) < 4.78 is 2.12. The molecule has 0 radical (unpaired) electrons. The van der Waals surface area contributed by atoms with Crippen LogP contribution in [0, 0.1) is 25.2 Å². The van der Waals surface area contributed by atoms with Crippen LogP contribution in [-0.4, -0.2) is 4.57 Å². The Morgan fingerprint density at radius 1 is 0.931 bits per heavy atom. The average Bonchev–Trinajstić information content (AvgIpc) is 3.01. The fourth-order valence-electron chi connectivity index (χ4n) is 3.74. The maximum Gasteiger partial charge on any atom is 0.0998 e. The Balaban J connectivity index is 1.85. The zero-order chi connectivity index (χ0) is 20.5. The van der Waals surface area contributed by atoms with Gasteiger partial charge < -0.3 is 4.57 Å². The number of aryl methyl sites for hydroxylation is 1. The normalized spacial score (nSPS) is 11.6. The minimum atomic E-state index is 0.516. The van der Waals surface area contributed by atoms with Gasteiger partial charge in [0.05, 0.1) is 21.7 Å². The van der Waals surface area contributed by atoms with Crippen LogP contribution in [0.1, 0.15) is 22.5 Å². The quantitative estimate of drug-likeness (QED) is 0.315. The Labute approximate surface area is 180 Å². The highest BCUT2D eigenvalue weighted by Gasteiger charge is 2.13. The van der Waals surface area contributed by atoms with Crippen LogP contribution >= 0.6 is 23.2 Å². The summed E-state index contributed by atoms with van der Waals surface area (Å²) in [5.41, 5.74) is 5.60. The van der Waals surface area contributed by atoms with E-state index in [1.54, 1.807) is 6.07 Å². The summed E-state index contributed by atoms with van der Waals surface area (Å²) in [6, 6.07) is 24.2. The van der Waals surface area contributed by atoms with Gasteiger partial charge in [0.1, 0.15) is 0 Å². The largest absolute Gasteiger partial charge is 0.318 e. The van der Waals surface area contributed by atoms with Crippen LogP contribution in [0.4, 0.5) is 0 Å². The predicted octanol–water partition coefficient (Wildman–Crippen LogP) is 7.62. The van der Waals surface area contributed by atoms with E-state index in [-0.39, 0.29) is 0 Å². The second-order valence-electron chi connectivity index (χ2n) is 6.96. The third kappa shape index (κ3) is 3.56. The van der Waals surface area contributed by atoms with E-state index < -0.39 is 0 Å². The van der Waals surface area contributed by atoms with Gasteiger partial charge in [-0.15, -0.1) is 0 Å². The van der Waals surface area contributed by atoms with E-state index in [0.717, 1.165) is 39.0 Å². The van der Waals surface area contributed by atoms with Crippen LogP contribution in [0.3, 0.4) is 0 Å². The fraction of sp³-hybridized carbons (Fsp3) is 0.0800. The van der Waals surface area contributed by atoms with Gasteiger partial charge in [-0.25, -0.2) is 0 Å². The van der Waals surface area contributed by atoms with Gasteiger partial charge in [-0.3, -0.25) is 0 Å². The molecule has 29 heavy (non-hydrogen) atoms. The highest BCUT2D eigenvalue weighted by Crippen LogP contribution is 2.31. The summed E-state index contributed by atoms with van der Waals surface area (Å²) in [7, 11) is 0. The standard InChI is InChI=1S/C25H18Cl2N2/c1-16-12-19(17(2)29(16)21-10-11-24(26)25(27)14-21)13-20(15-28)23-9-5-7-18-6-3-4-8-22(18)23/h3-14H,1-2H3/b20-13+. The number of halogens is 2. The van der Waals surface area contributed by atoms with Crippen molar-refractivity contribution >= 4 is 45.6 Å². The zero-order valence-corrected chi connectivity index (χ0v) is 17.6. The molecule has 0 N–H and O–H groups in total. The third-order valence-corrected chi connectivity index (χ3v) is 5.87. The van der Waals surface area contributed by atoms with Crippen LogP contribution in [0.25, 0.3) is 28.1 Å². The monoisotopic (exact) mass is 416 g/mol. The Morgan fingerprint density at radius 2 is 1.69 bits per heavy atom. The Hall–Kier alpha value is -2.99. The van der Waals surface area contributed by atoms with E-state index in [1.165, 1.54) is 0 Å². The van der Waals surface area contributed by atoms with Crippen LogP contribution in [0.15, 0.2) is 66.7 Å². The van der Waals surface area contributed by atoms with Crippen molar-refractivity contribution in [1.82, 2.24) is 4.57 Å². The molecule has 0 saturated heterocycles. The highest BCUT2D eigenvalue weighted by atomic mass is 35.5. The first-order valence-electron chi connectivity index (χ1n) is 9.24. The molecule has 2 nitrogen and oxygen atoms in total. The number of fused-ring (bicyclic) bond motifs is 1. The molecule has 0 unspecified atom stereocenters. The lowest BCUT2D eigenvalue weighted by atomic mass is 9.97. The van der Waals surface area contributed by atoms with Gasteiger partial charge >= 0.3 is 0 Å². The molecule has 4 aromatic rings. The van der Waals surface area contributed by atoms with Crippen molar-refractivity contribution in [3.05, 3.63) is 99.3 Å². The van der Waals surface area contributed by atoms with Crippen molar-refractivity contribution < 1.29 is 0 Å². The maximum absolute atomic E-state index is 9.89. The Morgan fingerprint density at radius 3 is 2.45 bits per heavy atom. The minimum Gasteiger partial charge on any atom is -0.318 e. The first kappa shape index (κ1) is 19.3. The molecule has 4 rings (SSSR count). The minimum absolute atomic E-state index is 0.516. The van der Waals surface area contributed by atoms with Gasteiger partial charge in [-0.1, -0.05) is 65.7 Å². The predicted molar refractivity (Wildman–Crippen MR) is 123 cm³/mol. The van der Waals surface area contributed by atoms with E-state index in [0.29, 0.717) is 15.6 Å².